The van der Waals surface area contributed by atoms with E-state index in [0.29, 0.717) is 11.5 Å². The molecule has 2 rings (SSSR count). The van der Waals surface area contributed by atoms with E-state index in [1.165, 1.54) is 10.7 Å². The molecule has 1 N–H and O–H groups in total. The molecule has 0 aliphatic carbocycles. The molecule has 0 atom stereocenters. The number of nitrogens with one attached hydrogen (secondary N) is 1. The lowest BCUT2D eigenvalue weighted by molar-refractivity contribution is 0.778. The minimum absolute atomic E-state index is 0.275. The van der Waals surface area contributed by atoms with E-state index >= 15 is 0 Å². The molecule has 0 spiro atoms. The molecular formula is C10H14ClN5O. The monoisotopic (exact) mass is 255 g/mol. The van der Waals surface area contributed by atoms with Gasteiger partial charge in [-0.2, -0.15) is 5.10 Å². The zero-order valence-electron chi connectivity index (χ0n) is 9.56. The van der Waals surface area contributed by atoms with Gasteiger partial charge in [-0.05, 0) is 13.3 Å². The maximum absolute atomic E-state index is 11.3. The van der Waals surface area contributed by atoms with Gasteiger partial charge in [0.25, 0.3) is 0 Å². The van der Waals surface area contributed by atoms with Crippen molar-refractivity contribution in [2.24, 2.45) is 0 Å². The summed E-state index contributed by atoms with van der Waals surface area (Å²) in [7, 11) is 0. The van der Waals surface area contributed by atoms with Crippen molar-refractivity contribution in [3.05, 3.63) is 22.9 Å². The normalized spacial score (nSPS) is 10.9. The van der Waals surface area contributed by atoms with Crippen LogP contribution in [0.4, 0.5) is 5.82 Å². The molecule has 17 heavy (non-hydrogen) atoms. The maximum atomic E-state index is 11.3. The number of fused-ring (bicyclic) bond motifs is 1. The quantitative estimate of drug-likeness (QED) is 0.806. The largest absolute Gasteiger partial charge is 0.357 e. The van der Waals surface area contributed by atoms with E-state index < -0.39 is 0 Å². The zero-order valence-corrected chi connectivity index (χ0v) is 10.3. The second kappa shape index (κ2) is 5.18. The average Bonchev–Trinajstić information content (AvgIpc) is 2.72. The van der Waals surface area contributed by atoms with Crippen molar-refractivity contribution < 1.29 is 0 Å². The molecule has 0 unspecified atom stereocenters. The van der Waals surface area contributed by atoms with Crippen molar-refractivity contribution in [2.45, 2.75) is 13.3 Å². The number of H-pyrrole nitrogens is 1. The van der Waals surface area contributed by atoms with Gasteiger partial charge >= 0.3 is 5.69 Å². The molecule has 2 aromatic rings. The van der Waals surface area contributed by atoms with Gasteiger partial charge in [0.2, 0.25) is 0 Å². The zero-order chi connectivity index (χ0) is 12.3. The number of aromatic nitrogens is 4. The summed E-state index contributed by atoms with van der Waals surface area (Å²) < 4.78 is 1.37. The first-order valence-electron chi connectivity index (χ1n) is 5.50. The van der Waals surface area contributed by atoms with E-state index in [1.807, 2.05) is 0 Å². The Morgan fingerprint density at radius 3 is 3.12 bits per heavy atom. The molecule has 7 heteroatoms. The van der Waals surface area contributed by atoms with Gasteiger partial charge in [-0.15, -0.1) is 11.6 Å². The summed E-state index contributed by atoms with van der Waals surface area (Å²) in [6.45, 7) is 3.74. The first-order valence-corrected chi connectivity index (χ1v) is 6.03. The smallest absolute Gasteiger partial charge is 0.348 e. The van der Waals surface area contributed by atoms with E-state index in [-0.39, 0.29) is 5.69 Å². The predicted molar refractivity (Wildman–Crippen MR) is 66.8 cm³/mol. The molecule has 0 amide bonds. The van der Waals surface area contributed by atoms with Crippen LogP contribution in [-0.2, 0) is 0 Å². The van der Waals surface area contributed by atoms with Crippen molar-refractivity contribution in [1.82, 2.24) is 19.6 Å². The molecule has 0 saturated heterocycles. The van der Waals surface area contributed by atoms with Crippen LogP contribution in [0.5, 0.6) is 0 Å². The van der Waals surface area contributed by atoms with Crippen LogP contribution in [-0.4, -0.2) is 38.6 Å². The highest BCUT2D eigenvalue weighted by Crippen LogP contribution is 2.11. The molecule has 0 radical (unpaired) electrons. The van der Waals surface area contributed by atoms with Crippen LogP contribution in [0.3, 0.4) is 0 Å². The average molecular weight is 256 g/mol. The van der Waals surface area contributed by atoms with Crippen LogP contribution in [0.15, 0.2) is 17.2 Å². The Morgan fingerprint density at radius 1 is 1.59 bits per heavy atom. The Labute approximate surface area is 103 Å². The van der Waals surface area contributed by atoms with Crippen molar-refractivity contribution in [1.29, 1.82) is 0 Å². The first kappa shape index (κ1) is 11.9. The van der Waals surface area contributed by atoms with Crippen molar-refractivity contribution in [3.8, 4) is 0 Å². The van der Waals surface area contributed by atoms with Crippen molar-refractivity contribution in [3.63, 3.8) is 0 Å². The fourth-order valence-electron chi connectivity index (χ4n) is 1.66. The summed E-state index contributed by atoms with van der Waals surface area (Å²) in [6, 6.07) is 1.79. The third kappa shape index (κ3) is 2.41. The Morgan fingerprint density at radius 2 is 2.41 bits per heavy atom. The van der Waals surface area contributed by atoms with Gasteiger partial charge in [0.15, 0.2) is 5.65 Å². The number of alkyl halides is 1. The highest BCUT2D eigenvalue weighted by Gasteiger charge is 2.08. The first-order chi connectivity index (χ1) is 8.26. The van der Waals surface area contributed by atoms with Crippen LogP contribution < -0.4 is 10.6 Å². The summed E-state index contributed by atoms with van der Waals surface area (Å²) in [5.41, 5.74) is 0.298. The second-order valence-electron chi connectivity index (χ2n) is 3.63. The topological polar surface area (TPSA) is 66.3 Å². The van der Waals surface area contributed by atoms with Gasteiger partial charge in [-0.25, -0.2) is 19.3 Å². The summed E-state index contributed by atoms with van der Waals surface area (Å²) in [5.74, 6) is 1.43. The molecule has 0 bridgehead atoms. The van der Waals surface area contributed by atoms with Gasteiger partial charge in [0, 0.05) is 25.0 Å². The number of nitrogens with zero attached hydrogens (tertiary/aromatic N) is 4. The molecule has 6 nitrogen and oxygen atoms in total. The molecule has 0 aliphatic rings. The minimum atomic E-state index is -0.275. The fourth-order valence-corrected chi connectivity index (χ4v) is 1.78. The molecule has 0 aromatic carbocycles. The number of hydrogen-bond acceptors (Lipinski definition) is 4. The lowest BCUT2D eigenvalue weighted by Crippen LogP contribution is -2.25. The number of halogens is 1. The highest BCUT2D eigenvalue weighted by molar-refractivity contribution is 6.17. The molecule has 2 heterocycles. The van der Waals surface area contributed by atoms with E-state index in [1.54, 1.807) is 6.07 Å². The van der Waals surface area contributed by atoms with Crippen LogP contribution in [0.2, 0.25) is 0 Å². The lowest BCUT2D eigenvalue weighted by Gasteiger charge is -2.21. The summed E-state index contributed by atoms with van der Waals surface area (Å²) >= 11 is 5.68. The van der Waals surface area contributed by atoms with E-state index in [0.717, 1.165) is 25.3 Å². The third-order valence-corrected chi connectivity index (χ3v) is 2.83. The standard InChI is InChI=1S/C10H14ClN5O/c1-2-15(5-3-4-11)8-6-9-13-14-10(17)16(9)7-12-8/h6-7H,2-5H2,1H3,(H,14,17). The Hall–Kier alpha value is -1.56. The molecule has 0 saturated carbocycles. The predicted octanol–water partition coefficient (Wildman–Crippen LogP) is 0.873. The van der Waals surface area contributed by atoms with Gasteiger partial charge in [-0.1, -0.05) is 0 Å². The van der Waals surface area contributed by atoms with Gasteiger partial charge < -0.3 is 4.90 Å². The Kier molecular flexibility index (Phi) is 3.63. The lowest BCUT2D eigenvalue weighted by atomic mass is 10.4. The van der Waals surface area contributed by atoms with Crippen molar-refractivity contribution >= 4 is 23.1 Å². The number of anilines is 1. The number of rotatable bonds is 5. The molecule has 0 fully saturated rings. The summed E-state index contributed by atoms with van der Waals surface area (Å²) in [5, 5.41) is 6.29. The summed E-state index contributed by atoms with van der Waals surface area (Å²) in [4.78, 5) is 17.6. The Bertz CT molecular complexity index is 549. The van der Waals surface area contributed by atoms with Crippen LogP contribution in [0.1, 0.15) is 13.3 Å². The second-order valence-corrected chi connectivity index (χ2v) is 4.00. The van der Waals surface area contributed by atoms with Gasteiger partial charge in [0.1, 0.15) is 12.1 Å². The number of hydrogen-bond donors (Lipinski definition) is 1. The van der Waals surface area contributed by atoms with Crippen LogP contribution in [0, 0.1) is 0 Å². The van der Waals surface area contributed by atoms with Crippen LogP contribution >= 0.6 is 11.6 Å². The maximum Gasteiger partial charge on any atom is 0.348 e. The van der Waals surface area contributed by atoms with E-state index in [4.69, 9.17) is 11.6 Å². The fraction of sp³-hybridized carbons (Fsp3) is 0.500. The van der Waals surface area contributed by atoms with E-state index in [9.17, 15) is 4.79 Å². The van der Waals surface area contributed by atoms with E-state index in [2.05, 4.69) is 27.0 Å². The van der Waals surface area contributed by atoms with Crippen LogP contribution in [0.25, 0.3) is 5.65 Å². The SMILES string of the molecule is CCN(CCCCl)c1cc2n[nH]c(=O)n2cn1. The minimum Gasteiger partial charge on any atom is -0.357 e. The highest BCUT2D eigenvalue weighted by atomic mass is 35.5. The molecule has 92 valence electrons. The molecule has 2 aromatic heterocycles. The third-order valence-electron chi connectivity index (χ3n) is 2.56. The Balaban J connectivity index is 2.30. The van der Waals surface area contributed by atoms with Gasteiger partial charge in [-0.3, -0.25) is 0 Å². The van der Waals surface area contributed by atoms with Gasteiger partial charge in [0.05, 0.1) is 0 Å². The molecule has 0 aliphatic heterocycles. The number of aromatic amines is 1. The van der Waals surface area contributed by atoms with Crippen molar-refractivity contribution in [2.75, 3.05) is 23.9 Å². The summed E-state index contributed by atoms with van der Waals surface area (Å²) in [6.07, 6.45) is 2.38. The molecular weight excluding hydrogens is 242 g/mol.